The number of ether oxygens (including phenoxy) is 2. The van der Waals surface area contributed by atoms with Crippen molar-refractivity contribution in [3.05, 3.63) is 33.1 Å². The molecule has 158 valence electrons. The molecule has 0 bridgehead atoms. The van der Waals surface area contributed by atoms with Crippen LogP contribution in [0.3, 0.4) is 0 Å². The number of alkyl carbamates (subject to hydrolysis) is 1. The molecule has 1 aromatic heterocycles. The van der Waals surface area contributed by atoms with Gasteiger partial charge in [-0.3, -0.25) is 13.9 Å². The van der Waals surface area contributed by atoms with E-state index < -0.39 is 54.2 Å². The van der Waals surface area contributed by atoms with Gasteiger partial charge >= 0.3 is 11.8 Å². The highest BCUT2D eigenvalue weighted by molar-refractivity contribution is 5.67. The Morgan fingerprint density at radius 3 is 2.64 bits per heavy atom. The van der Waals surface area contributed by atoms with Crippen molar-refractivity contribution in [3.63, 3.8) is 0 Å². The summed E-state index contributed by atoms with van der Waals surface area (Å²) in [6, 6.07) is 1.08. The fraction of sp³-hybridized carbons (Fsp3) is 0.706. The zero-order chi connectivity index (χ0) is 21.1. The van der Waals surface area contributed by atoms with E-state index in [0.717, 1.165) is 21.4 Å². The molecule has 11 heteroatoms. The number of nitrogens with one attached hydrogen (secondary N) is 1. The predicted octanol–water partition coefficient (Wildman–Crippen LogP) is -0.486. The first-order chi connectivity index (χ1) is 13.0. The molecule has 1 fully saturated rings. The van der Waals surface area contributed by atoms with Crippen LogP contribution in [0.25, 0.3) is 0 Å². The molecule has 1 aliphatic heterocycles. The van der Waals surface area contributed by atoms with E-state index in [1.165, 1.54) is 0 Å². The number of amides is 1. The van der Waals surface area contributed by atoms with Gasteiger partial charge in [0.05, 0.1) is 6.61 Å². The number of aliphatic hydroxyl groups is 2. The Kier molecular flexibility index (Phi) is 6.96. The maximum atomic E-state index is 14.3. The molecular weight excluding hydrogens is 377 g/mol. The van der Waals surface area contributed by atoms with Crippen LogP contribution in [0.5, 0.6) is 0 Å². The monoisotopic (exact) mass is 403 g/mol. The molecule has 4 atom stereocenters. The number of hydrogen-bond acceptors (Lipinski definition) is 7. The molecule has 2 heterocycles. The number of carbonyl (C=O) groups excluding carboxylic acids is 1. The Labute approximate surface area is 160 Å². The first-order valence-corrected chi connectivity index (χ1v) is 8.92. The molecule has 1 aromatic rings. The van der Waals surface area contributed by atoms with Gasteiger partial charge in [0.25, 0.3) is 5.56 Å². The number of alkyl halides is 1. The van der Waals surface area contributed by atoms with E-state index in [2.05, 4.69) is 5.32 Å². The summed E-state index contributed by atoms with van der Waals surface area (Å²) in [6.45, 7) is 4.69. The van der Waals surface area contributed by atoms with E-state index in [-0.39, 0.29) is 19.5 Å². The lowest BCUT2D eigenvalue weighted by atomic mass is 10.1. The summed E-state index contributed by atoms with van der Waals surface area (Å²) in [4.78, 5) is 36.2. The maximum absolute atomic E-state index is 14.3. The van der Waals surface area contributed by atoms with Gasteiger partial charge in [-0.15, -0.1) is 0 Å². The van der Waals surface area contributed by atoms with E-state index in [1.54, 1.807) is 20.8 Å². The van der Waals surface area contributed by atoms with Gasteiger partial charge < -0.3 is 25.0 Å². The average Bonchev–Trinajstić information content (AvgIpc) is 2.87. The number of nitrogens with zero attached hydrogens (tertiary/aromatic N) is 2. The van der Waals surface area contributed by atoms with Gasteiger partial charge in [0.1, 0.15) is 17.8 Å². The molecule has 3 N–H and O–H groups in total. The maximum Gasteiger partial charge on any atom is 0.407 e. The predicted molar refractivity (Wildman–Crippen MR) is 95.7 cm³/mol. The normalized spacial score (nSPS) is 24.9. The smallest absolute Gasteiger partial charge is 0.407 e. The second kappa shape index (κ2) is 8.84. The molecule has 0 saturated carbocycles. The van der Waals surface area contributed by atoms with E-state index in [9.17, 15) is 23.9 Å². The highest BCUT2D eigenvalue weighted by Crippen LogP contribution is 2.30. The number of aliphatic hydroxyl groups excluding tert-OH is 2. The lowest BCUT2D eigenvalue weighted by molar-refractivity contribution is -0.0496. The SMILES string of the molecule is CC(C)(C)OC(=O)NCCCn1c(=O)ccn([C@@H]2O[C@H](CO)C(O)[C@@H]2F)c1=O. The molecule has 1 aliphatic rings. The summed E-state index contributed by atoms with van der Waals surface area (Å²) in [7, 11) is 0. The quantitative estimate of drug-likeness (QED) is 0.546. The van der Waals surface area contributed by atoms with Crippen molar-refractivity contribution in [2.45, 2.75) is 63.9 Å². The van der Waals surface area contributed by atoms with Crippen LogP contribution in [-0.2, 0) is 16.0 Å². The van der Waals surface area contributed by atoms with E-state index >= 15 is 0 Å². The van der Waals surface area contributed by atoms with Crippen molar-refractivity contribution in [3.8, 4) is 0 Å². The summed E-state index contributed by atoms with van der Waals surface area (Å²) in [5, 5.41) is 21.3. The van der Waals surface area contributed by atoms with Gasteiger partial charge in [-0.05, 0) is 27.2 Å². The standard InChI is InChI=1S/C17H26FN3O7/c1-17(2,3)28-15(25)19-6-4-7-20-11(23)5-8-21(16(20)26)14-12(18)13(24)10(9-22)27-14/h5,8,10,12-14,22,24H,4,6-7,9H2,1-3H3,(H,19,25)/t10-,12+,13?,14-/m1/s1. The van der Waals surface area contributed by atoms with Crippen LogP contribution in [0.1, 0.15) is 33.4 Å². The summed E-state index contributed by atoms with van der Waals surface area (Å²) in [6.07, 6.45) is -5.41. The minimum atomic E-state index is -1.94. The van der Waals surface area contributed by atoms with Crippen molar-refractivity contribution in [2.75, 3.05) is 13.2 Å². The van der Waals surface area contributed by atoms with Crippen LogP contribution in [0.4, 0.5) is 9.18 Å². The molecule has 0 radical (unpaired) electrons. The zero-order valence-corrected chi connectivity index (χ0v) is 16.0. The van der Waals surface area contributed by atoms with Crippen molar-refractivity contribution in [1.29, 1.82) is 0 Å². The van der Waals surface area contributed by atoms with Gasteiger partial charge in [-0.1, -0.05) is 0 Å². The third-order valence-electron chi connectivity index (χ3n) is 4.07. The molecule has 1 unspecified atom stereocenters. The van der Waals surface area contributed by atoms with E-state index in [4.69, 9.17) is 14.6 Å². The summed E-state index contributed by atoms with van der Waals surface area (Å²) >= 11 is 0. The number of rotatable bonds is 6. The van der Waals surface area contributed by atoms with Crippen LogP contribution in [0.15, 0.2) is 21.9 Å². The van der Waals surface area contributed by atoms with Crippen molar-refractivity contribution >= 4 is 6.09 Å². The second-order valence-electron chi connectivity index (χ2n) is 7.46. The second-order valence-corrected chi connectivity index (χ2v) is 7.46. The van der Waals surface area contributed by atoms with Crippen LogP contribution in [0, 0.1) is 0 Å². The number of carbonyl (C=O) groups is 1. The Balaban J connectivity index is 2.05. The van der Waals surface area contributed by atoms with Crippen LogP contribution >= 0.6 is 0 Å². The molecule has 0 aromatic carbocycles. The molecule has 28 heavy (non-hydrogen) atoms. The Morgan fingerprint density at radius 2 is 2.07 bits per heavy atom. The summed E-state index contributed by atoms with van der Waals surface area (Å²) in [5.74, 6) is 0. The molecule has 1 saturated heterocycles. The zero-order valence-electron chi connectivity index (χ0n) is 16.0. The molecule has 10 nitrogen and oxygen atoms in total. The number of aromatic nitrogens is 2. The first-order valence-electron chi connectivity index (χ1n) is 8.92. The average molecular weight is 403 g/mol. The number of halogens is 1. The van der Waals surface area contributed by atoms with Gasteiger partial charge in [-0.25, -0.2) is 14.0 Å². The lowest BCUT2D eigenvalue weighted by Crippen LogP contribution is -2.43. The van der Waals surface area contributed by atoms with E-state index in [1.807, 2.05) is 0 Å². The Bertz CT molecular complexity index is 801. The minimum Gasteiger partial charge on any atom is -0.444 e. The molecule has 1 amide bonds. The summed E-state index contributed by atoms with van der Waals surface area (Å²) in [5.41, 5.74) is -2.05. The van der Waals surface area contributed by atoms with Crippen molar-refractivity contribution in [2.24, 2.45) is 0 Å². The first kappa shape index (κ1) is 22.1. The van der Waals surface area contributed by atoms with Gasteiger partial charge in [-0.2, -0.15) is 0 Å². The third-order valence-corrected chi connectivity index (χ3v) is 4.07. The lowest BCUT2D eigenvalue weighted by Gasteiger charge is -2.20. The Morgan fingerprint density at radius 1 is 1.39 bits per heavy atom. The van der Waals surface area contributed by atoms with Gasteiger partial charge in [0.2, 0.25) is 0 Å². The minimum absolute atomic E-state index is 0.0239. The fourth-order valence-electron chi connectivity index (χ4n) is 2.75. The topological polar surface area (TPSA) is 132 Å². The van der Waals surface area contributed by atoms with Crippen LogP contribution < -0.4 is 16.6 Å². The van der Waals surface area contributed by atoms with E-state index in [0.29, 0.717) is 0 Å². The van der Waals surface area contributed by atoms with Gasteiger partial charge in [0, 0.05) is 25.4 Å². The van der Waals surface area contributed by atoms with Crippen molar-refractivity contribution < 1.29 is 28.9 Å². The molecule has 2 rings (SSSR count). The highest BCUT2D eigenvalue weighted by atomic mass is 19.1. The fourth-order valence-corrected chi connectivity index (χ4v) is 2.75. The summed E-state index contributed by atoms with van der Waals surface area (Å²) < 4.78 is 26.3. The van der Waals surface area contributed by atoms with Crippen LogP contribution in [0.2, 0.25) is 0 Å². The molecular formula is C17H26FN3O7. The largest absolute Gasteiger partial charge is 0.444 e. The van der Waals surface area contributed by atoms with Crippen molar-refractivity contribution in [1.82, 2.24) is 14.5 Å². The highest BCUT2D eigenvalue weighted by Gasteiger charge is 2.45. The van der Waals surface area contributed by atoms with Gasteiger partial charge in [0.15, 0.2) is 12.4 Å². The molecule has 0 spiro atoms. The van der Waals surface area contributed by atoms with Crippen LogP contribution in [-0.4, -0.2) is 62.6 Å². The molecule has 0 aliphatic carbocycles. The number of hydrogen-bond donors (Lipinski definition) is 3. The Hall–Kier alpha value is -2.24. The third kappa shape index (κ3) is 5.18.